The Kier molecular flexibility index (Phi) is 5.46. The molecule has 2 N–H and O–H groups in total. The zero-order valence-electron chi connectivity index (χ0n) is 14.7. The number of aliphatic imine (C=N–C) groups is 1. The molecule has 23 heavy (non-hydrogen) atoms. The number of carbonyl (C=O) groups is 2. The third-order valence-electron chi connectivity index (χ3n) is 4.18. The van der Waals surface area contributed by atoms with E-state index in [9.17, 15) is 9.59 Å². The molecule has 0 aromatic heterocycles. The molecule has 2 aliphatic heterocycles. The molecule has 0 aliphatic carbocycles. The summed E-state index contributed by atoms with van der Waals surface area (Å²) in [6.45, 7) is 6.52. The highest BCUT2D eigenvalue weighted by atomic mass is 16.2. The van der Waals surface area contributed by atoms with Gasteiger partial charge in [0.15, 0.2) is 12.0 Å². The van der Waals surface area contributed by atoms with Crippen molar-refractivity contribution in [2.75, 3.05) is 40.8 Å². The lowest BCUT2D eigenvalue weighted by molar-refractivity contribution is -0.127. The molecule has 8 nitrogen and oxygen atoms in total. The predicted octanol–water partition coefficient (Wildman–Crippen LogP) is -0.268. The quantitative estimate of drug-likeness (QED) is 0.703. The van der Waals surface area contributed by atoms with E-state index in [-0.39, 0.29) is 18.1 Å². The van der Waals surface area contributed by atoms with Crippen LogP contribution >= 0.6 is 0 Å². The van der Waals surface area contributed by atoms with Crippen LogP contribution < -0.4 is 10.6 Å². The van der Waals surface area contributed by atoms with E-state index in [1.165, 1.54) is 4.90 Å². The molecule has 2 rings (SSSR count). The fraction of sp³-hybridized carbons (Fsp3) is 0.800. The largest absolute Gasteiger partial charge is 0.334 e. The number of carbonyl (C=O) groups excluding carboxylic acids is 2. The standard InChI is InChI=1S/C15H28N6O2/c1-10(2)6-8-21-11-12(20(5)15(23)18-13(11)22)17-14(21)16-7-9-19(3)4/h10-12H,6-9H2,1-5H3,(H,16,17)(H,18,22,23). The van der Waals surface area contributed by atoms with Gasteiger partial charge in [0.25, 0.3) is 5.91 Å². The Morgan fingerprint density at radius 3 is 2.61 bits per heavy atom. The van der Waals surface area contributed by atoms with Crippen molar-refractivity contribution in [3.8, 4) is 0 Å². The van der Waals surface area contributed by atoms with Gasteiger partial charge >= 0.3 is 6.03 Å². The van der Waals surface area contributed by atoms with Crippen LogP contribution in [-0.2, 0) is 4.79 Å². The molecule has 2 fully saturated rings. The Morgan fingerprint density at radius 2 is 2.00 bits per heavy atom. The summed E-state index contributed by atoms with van der Waals surface area (Å²) < 4.78 is 0. The fourth-order valence-electron chi connectivity index (χ4n) is 2.72. The van der Waals surface area contributed by atoms with Crippen LogP contribution in [0.15, 0.2) is 4.99 Å². The van der Waals surface area contributed by atoms with Crippen LogP contribution in [0.3, 0.4) is 0 Å². The van der Waals surface area contributed by atoms with Crippen molar-refractivity contribution in [3.63, 3.8) is 0 Å². The highest BCUT2D eigenvalue weighted by Crippen LogP contribution is 2.21. The molecule has 0 aromatic rings. The molecule has 2 heterocycles. The van der Waals surface area contributed by atoms with Gasteiger partial charge in [-0.1, -0.05) is 13.8 Å². The summed E-state index contributed by atoms with van der Waals surface area (Å²) in [6.07, 6.45) is 0.601. The first kappa shape index (κ1) is 17.5. The van der Waals surface area contributed by atoms with Crippen LogP contribution in [0.25, 0.3) is 0 Å². The zero-order chi connectivity index (χ0) is 17.1. The van der Waals surface area contributed by atoms with Gasteiger partial charge in [-0.15, -0.1) is 0 Å². The third kappa shape index (κ3) is 3.93. The van der Waals surface area contributed by atoms with Crippen molar-refractivity contribution < 1.29 is 9.59 Å². The summed E-state index contributed by atoms with van der Waals surface area (Å²) in [7, 11) is 5.69. The first-order valence-electron chi connectivity index (χ1n) is 8.11. The molecule has 2 aliphatic rings. The first-order valence-corrected chi connectivity index (χ1v) is 8.11. The number of nitrogens with one attached hydrogen (secondary N) is 2. The minimum Gasteiger partial charge on any atom is -0.334 e. The number of urea groups is 1. The topological polar surface area (TPSA) is 80.3 Å². The van der Waals surface area contributed by atoms with Crippen molar-refractivity contribution in [2.45, 2.75) is 32.5 Å². The van der Waals surface area contributed by atoms with Crippen LogP contribution in [0.4, 0.5) is 4.79 Å². The van der Waals surface area contributed by atoms with Gasteiger partial charge in [-0.25, -0.2) is 4.79 Å². The number of amides is 3. The second-order valence-corrected chi connectivity index (χ2v) is 6.82. The van der Waals surface area contributed by atoms with E-state index >= 15 is 0 Å². The maximum absolute atomic E-state index is 12.3. The Bertz CT molecular complexity index is 490. The zero-order valence-corrected chi connectivity index (χ0v) is 14.7. The summed E-state index contributed by atoms with van der Waals surface area (Å²) in [6, 6.07) is -0.795. The van der Waals surface area contributed by atoms with Gasteiger partial charge < -0.3 is 20.0 Å². The van der Waals surface area contributed by atoms with Crippen molar-refractivity contribution in [1.29, 1.82) is 0 Å². The molecule has 0 aromatic carbocycles. The number of hydrogen-bond donors (Lipinski definition) is 2. The van der Waals surface area contributed by atoms with E-state index in [0.29, 0.717) is 18.4 Å². The number of hydrogen-bond acceptors (Lipinski definition) is 4. The maximum atomic E-state index is 12.3. The SMILES string of the molecule is CC(C)CCN1C(=NCCN(C)C)NC2C1C(=O)NC(=O)N2C. The van der Waals surface area contributed by atoms with Crippen LogP contribution in [0, 0.1) is 5.92 Å². The minimum absolute atomic E-state index is 0.257. The second-order valence-electron chi connectivity index (χ2n) is 6.82. The van der Waals surface area contributed by atoms with Gasteiger partial charge in [0, 0.05) is 20.1 Å². The molecular formula is C15H28N6O2. The summed E-state index contributed by atoms with van der Waals surface area (Å²) in [4.78, 5) is 34.3. The van der Waals surface area contributed by atoms with Crippen LogP contribution in [-0.4, -0.2) is 85.6 Å². The average molecular weight is 324 g/mol. The first-order chi connectivity index (χ1) is 10.8. The van der Waals surface area contributed by atoms with Gasteiger partial charge in [-0.3, -0.25) is 15.1 Å². The number of likely N-dealkylation sites (N-methyl/N-ethyl adjacent to an activating group) is 2. The van der Waals surface area contributed by atoms with E-state index in [1.807, 2.05) is 19.0 Å². The van der Waals surface area contributed by atoms with E-state index in [4.69, 9.17) is 0 Å². The highest BCUT2D eigenvalue weighted by Gasteiger charge is 2.49. The van der Waals surface area contributed by atoms with Crippen molar-refractivity contribution >= 4 is 17.9 Å². The van der Waals surface area contributed by atoms with Crippen molar-refractivity contribution in [3.05, 3.63) is 0 Å². The van der Waals surface area contributed by atoms with E-state index in [2.05, 4.69) is 34.4 Å². The molecule has 2 atom stereocenters. The Balaban J connectivity index is 2.19. The molecule has 0 saturated carbocycles. The second kappa shape index (κ2) is 7.16. The summed E-state index contributed by atoms with van der Waals surface area (Å²) in [5.41, 5.74) is 0. The fourth-order valence-corrected chi connectivity index (χ4v) is 2.72. The molecule has 2 unspecified atom stereocenters. The highest BCUT2D eigenvalue weighted by molar-refractivity contribution is 6.04. The van der Waals surface area contributed by atoms with Gasteiger partial charge in [0.1, 0.15) is 6.17 Å². The lowest BCUT2D eigenvalue weighted by Crippen LogP contribution is -2.64. The van der Waals surface area contributed by atoms with Gasteiger partial charge in [0.2, 0.25) is 0 Å². The summed E-state index contributed by atoms with van der Waals surface area (Å²) >= 11 is 0. The minimum atomic E-state index is -0.422. The molecule has 0 bridgehead atoms. The Hall–Kier alpha value is -1.83. The number of guanidine groups is 1. The van der Waals surface area contributed by atoms with Gasteiger partial charge in [0.05, 0.1) is 6.54 Å². The Morgan fingerprint density at radius 1 is 1.30 bits per heavy atom. The monoisotopic (exact) mass is 324 g/mol. The van der Waals surface area contributed by atoms with E-state index in [0.717, 1.165) is 19.5 Å². The Labute approximate surface area is 137 Å². The lowest BCUT2D eigenvalue weighted by Gasteiger charge is -2.35. The molecule has 8 heteroatoms. The average Bonchev–Trinajstić information content (AvgIpc) is 2.81. The molecule has 0 radical (unpaired) electrons. The van der Waals surface area contributed by atoms with Crippen LogP contribution in [0.1, 0.15) is 20.3 Å². The third-order valence-corrected chi connectivity index (χ3v) is 4.18. The van der Waals surface area contributed by atoms with Crippen LogP contribution in [0.2, 0.25) is 0 Å². The normalized spacial score (nSPS) is 26.1. The van der Waals surface area contributed by atoms with Crippen molar-refractivity contribution in [1.82, 2.24) is 25.3 Å². The summed E-state index contributed by atoms with van der Waals surface area (Å²) in [5, 5.41) is 5.67. The molecule has 2 saturated heterocycles. The summed E-state index contributed by atoms with van der Waals surface area (Å²) in [5.74, 6) is 0.981. The predicted molar refractivity (Wildman–Crippen MR) is 89.0 cm³/mol. The van der Waals surface area contributed by atoms with E-state index in [1.54, 1.807) is 7.05 Å². The lowest BCUT2D eigenvalue weighted by atomic mass is 10.1. The maximum Gasteiger partial charge on any atom is 0.325 e. The van der Waals surface area contributed by atoms with Gasteiger partial charge in [-0.05, 0) is 26.4 Å². The molecular weight excluding hydrogens is 296 g/mol. The number of imide groups is 1. The van der Waals surface area contributed by atoms with Crippen LogP contribution in [0.5, 0.6) is 0 Å². The van der Waals surface area contributed by atoms with Crippen molar-refractivity contribution in [2.24, 2.45) is 10.9 Å². The number of rotatable bonds is 6. The van der Waals surface area contributed by atoms with Gasteiger partial charge in [-0.2, -0.15) is 0 Å². The van der Waals surface area contributed by atoms with E-state index < -0.39 is 6.04 Å². The number of nitrogens with zero attached hydrogens (tertiary/aromatic N) is 4. The smallest absolute Gasteiger partial charge is 0.325 e. The molecule has 0 spiro atoms. The molecule has 130 valence electrons. The molecule has 3 amide bonds. The number of fused-ring (bicyclic) bond motifs is 1.